The van der Waals surface area contributed by atoms with E-state index >= 15 is 0 Å². The molecule has 12 heavy (non-hydrogen) atoms. The molecule has 0 aliphatic carbocycles. The number of hydrogen-bond acceptors (Lipinski definition) is 1. The van der Waals surface area contributed by atoms with Crippen LogP contribution in [0.3, 0.4) is 0 Å². The number of hydrogen-bond donors (Lipinski definition) is 0. The van der Waals surface area contributed by atoms with E-state index in [4.69, 9.17) is 4.74 Å². The first kappa shape index (κ1) is 9.27. The highest BCUT2D eigenvalue weighted by molar-refractivity contribution is 5.15. The van der Waals surface area contributed by atoms with Crippen molar-refractivity contribution in [3.8, 4) is 0 Å². The summed E-state index contributed by atoms with van der Waals surface area (Å²) in [4.78, 5) is 0. The number of methoxy groups -OCH3 is 1. The molecule has 1 unspecified atom stereocenters. The predicted octanol–water partition coefficient (Wildman–Crippen LogP) is 2.47. The molecule has 0 aliphatic rings. The average molecular weight is 163 g/mol. The van der Waals surface area contributed by atoms with E-state index in [9.17, 15) is 0 Å². The van der Waals surface area contributed by atoms with E-state index in [0.29, 0.717) is 0 Å². The second-order valence-electron chi connectivity index (χ2n) is 2.84. The van der Waals surface area contributed by atoms with Crippen LogP contribution in [0, 0.1) is 6.92 Å². The van der Waals surface area contributed by atoms with Crippen molar-refractivity contribution < 1.29 is 4.74 Å². The number of ether oxygens (including phenoxy) is 1. The minimum absolute atomic E-state index is 0.257. The second kappa shape index (κ2) is 4.94. The van der Waals surface area contributed by atoms with Crippen molar-refractivity contribution in [3.05, 3.63) is 42.8 Å². The third kappa shape index (κ3) is 2.67. The van der Waals surface area contributed by atoms with Crippen molar-refractivity contribution in [1.82, 2.24) is 0 Å². The topological polar surface area (TPSA) is 9.23 Å². The molecule has 1 nitrogen and oxygen atoms in total. The van der Waals surface area contributed by atoms with Gasteiger partial charge in [0.25, 0.3) is 0 Å². The lowest BCUT2D eigenvalue weighted by atomic mass is 10.1. The van der Waals surface area contributed by atoms with Crippen molar-refractivity contribution in [1.29, 1.82) is 0 Å². The molecule has 0 bridgehead atoms. The van der Waals surface area contributed by atoms with Crippen LogP contribution in [0.5, 0.6) is 0 Å². The minimum Gasteiger partial charge on any atom is -0.381 e. The molecule has 65 valence electrons. The van der Waals surface area contributed by atoms with E-state index in [0.717, 1.165) is 12.8 Å². The van der Waals surface area contributed by atoms with Crippen LogP contribution in [-0.2, 0) is 11.2 Å². The zero-order chi connectivity index (χ0) is 8.81. The predicted molar refractivity (Wildman–Crippen MR) is 50.9 cm³/mol. The maximum absolute atomic E-state index is 5.24. The van der Waals surface area contributed by atoms with Gasteiger partial charge in [-0.1, -0.05) is 37.3 Å². The lowest BCUT2D eigenvalue weighted by Crippen LogP contribution is -2.12. The van der Waals surface area contributed by atoms with Gasteiger partial charge >= 0.3 is 0 Å². The fourth-order valence-electron chi connectivity index (χ4n) is 1.18. The Morgan fingerprint density at radius 1 is 1.33 bits per heavy atom. The van der Waals surface area contributed by atoms with E-state index in [1.54, 1.807) is 7.11 Å². The van der Waals surface area contributed by atoms with E-state index < -0.39 is 0 Å². The standard InChI is InChI=1S/C11H15O/c1-3-11(12-2)9-10-7-5-4-6-8-10/h4-8,11H,1,3,9H2,2H3. The summed E-state index contributed by atoms with van der Waals surface area (Å²) in [7, 11) is 1.73. The first-order chi connectivity index (χ1) is 5.86. The van der Waals surface area contributed by atoms with Crippen LogP contribution < -0.4 is 0 Å². The Morgan fingerprint density at radius 3 is 2.50 bits per heavy atom. The van der Waals surface area contributed by atoms with Crippen LogP contribution in [0.1, 0.15) is 12.0 Å². The van der Waals surface area contributed by atoms with E-state index in [2.05, 4.69) is 19.1 Å². The molecular weight excluding hydrogens is 148 g/mol. The molecule has 0 amide bonds. The van der Waals surface area contributed by atoms with Gasteiger partial charge in [-0.3, -0.25) is 0 Å². The fraction of sp³-hybridized carbons (Fsp3) is 0.364. The van der Waals surface area contributed by atoms with Gasteiger partial charge < -0.3 is 4.74 Å². The monoisotopic (exact) mass is 163 g/mol. The van der Waals surface area contributed by atoms with Crippen molar-refractivity contribution in [2.24, 2.45) is 0 Å². The molecule has 1 atom stereocenters. The molecule has 1 aromatic rings. The summed E-state index contributed by atoms with van der Waals surface area (Å²) in [6, 6.07) is 10.3. The zero-order valence-electron chi connectivity index (χ0n) is 7.49. The van der Waals surface area contributed by atoms with Crippen molar-refractivity contribution in [3.63, 3.8) is 0 Å². The van der Waals surface area contributed by atoms with Crippen molar-refractivity contribution in [2.45, 2.75) is 18.9 Å². The van der Waals surface area contributed by atoms with Gasteiger partial charge in [-0.15, -0.1) is 0 Å². The Balaban J connectivity index is 2.51. The second-order valence-corrected chi connectivity index (χ2v) is 2.84. The Hall–Kier alpha value is -0.820. The van der Waals surface area contributed by atoms with Gasteiger partial charge in [-0.25, -0.2) is 0 Å². The first-order valence-corrected chi connectivity index (χ1v) is 4.22. The number of rotatable bonds is 4. The molecule has 0 N–H and O–H groups in total. The quantitative estimate of drug-likeness (QED) is 0.662. The maximum Gasteiger partial charge on any atom is 0.0611 e. The van der Waals surface area contributed by atoms with Crippen LogP contribution in [0.15, 0.2) is 30.3 Å². The Kier molecular flexibility index (Phi) is 3.81. The summed E-state index contributed by atoms with van der Waals surface area (Å²) in [5.74, 6) is 0. The molecule has 0 spiro atoms. The van der Waals surface area contributed by atoms with Gasteiger partial charge in [0.2, 0.25) is 0 Å². The van der Waals surface area contributed by atoms with E-state index in [-0.39, 0.29) is 6.10 Å². The summed E-state index contributed by atoms with van der Waals surface area (Å²) in [5.41, 5.74) is 1.31. The maximum atomic E-state index is 5.24. The Morgan fingerprint density at radius 2 is 2.00 bits per heavy atom. The third-order valence-electron chi connectivity index (χ3n) is 1.96. The lowest BCUT2D eigenvalue weighted by molar-refractivity contribution is 0.105. The Bertz CT molecular complexity index is 202. The number of benzene rings is 1. The molecule has 1 radical (unpaired) electrons. The molecule has 0 heterocycles. The highest BCUT2D eigenvalue weighted by Crippen LogP contribution is 2.07. The summed E-state index contributed by atoms with van der Waals surface area (Å²) in [5, 5.41) is 0. The van der Waals surface area contributed by atoms with Crippen LogP contribution in [-0.4, -0.2) is 13.2 Å². The highest BCUT2D eigenvalue weighted by Gasteiger charge is 2.04. The van der Waals surface area contributed by atoms with E-state index in [1.165, 1.54) is 5.56 Å². The molecule has 0 saturated carbocycles. The van der Waals surface area contributed by atoms with Gasteiger partial charge in [0, 0.05) is 7.11 Å². The van der Waals surface area contributed by atoms with E-state index in [1.807, 2.05) is 18.2 Å². The SMILES string of the molecule is [CH2]CC(Cc1ccccc1)OC. The molecule has 0 fully saturated rings. The lowest BCUT2D eigenvalue weighted by Gasteiger charge is -2.12. The van der Waals surface area contributed by atoms with Gasteiger partial charge in [0.1, 0.15) is 0 Å². The minimum atomic E-state index is 0.257. The summed E-state index contributed by atoms with van der Waals surface area (Å²) in [6.07, 6.45) is 2.04. The first-order valence-electron chi connectivity index (χ1n) is 4.22. The third-order valence-corrected chi connectivity index (χ3v) is 1.96. The molecular formula is C11H15O. The normalized spacial score (nSPS) is 12.8. The smallest absolute Gasteiger partial charge is 0.0611 e. The summed E-state index contributed by atoms with van der Waals surface area (Å²) >= 11 is 0. The van der Waals surface area contributed by atoms with Crippen LogP contribution in [0.2, 0.25) is 0 Å². The van der Waals surface area contributed by atoms with Gasteiger partial charge in [-0.05, 0) is 18.4 Å². The summed E-state index contributed by atoms with van der Waals surface area (Å²) in [6.45, 7) is 3.83. The van der Waals surface area contributed by atoms with Crippen LogP contribution in [0.25, 0.3) is 0 Å². The highest BCUT2D eigenvalue weighted by atomic mass is 16.5. The largest absolute Gasteiger partial charge is 0.381 e. The van der Waals surface area contributed by atoms with Gasteiger partial charge in [-0.2, -0.15) is 0 Å². The molecule has 1 heteroatoms. The average Bonchev–Trinajstić information content (AvgIpc) is 2.16. The molecule has 0 aliphatic heterocycles. The summed E-state index contributed by atoms with van der Waals surface area (Å²) < 4.78 is 5.24. The van der Waals surface area contributed by atoms with Gasteiger partial charge in [0.05, 0.1) is 6.10 Å². The molecule has 1 rings (SSSR count). The van der Waals surface area contributed by atoms with Crippen LogP contribution >= 0.6 is 0 Å². The fourth-order valence-corrected chi connectivity index (χ4v) is 1.18. The van der Waals surface area contributed by atoms with Crippen molar-refractivity contribution >= 4 is 0 Å². The van der Waals surface area contributed by atoms with Crippen LogP contribution in [0.4, 0.5) is 0 Å². The Labute approximate surface area is 74.4 Å². The molecule has 0 aromatic heterocycles. The molecule has 0 saturated heterocycles. The zero-order valence-corrected chi connectivity index (χ0v) is 7.49. The van der Waals surface area contributed by atoms with Gasteiger partial charge in [0.15, 0.2) is 0 Å². The van der Waals surface area contributed by atoms with Crippen molar-refractivity contribution in [2.75, 3.05) is 7.11 Å². The molecule has 1 aromatic carbocycles.